The highest BCUT2D eigenvalue weighted by molar-refractivity contribution is 6.32. The summed E-state index contributed by atoms with van der Waals surface area (Å²) in [4.78, 5) is 26.2. The smallest absolute Gasteiger partial charge is 0.261 e. The summed E-state index contributed by atoms with van der Waals surface area (Å²) in [5.41, 5.74) is 2.11. The quantitative estimate of drug-likeness (QED) is 0.740. The van der Waals surface area contributed by atoms with Gasteiger partial charge < -0.3 is 10.1 Å². The van der Waals surface area contributed by atoms with Gasteiger partial charge in [0.25, 0.3) is 11.8 Å². The van der Waals surface area contributed by atoms with Crippen LogP contribution in [0.2, 0.25) is 5.02 Å². The second kappa shape index (κ2) is 7.94. The number of amides is 2. The number of carbonyl (C=O) groups is 2. The van der Waals surface area contributed by atoms with Gasteiger partial charge >= 0.3 is 0 Å². The predicted molar refractivity (Wildman–Crippen MR) is 108 cm³/mol. The summed E-state index contributed by atoms with van der Waals surface area (Å²) in [6, 6.07) is 13.3. The van der Waals surface area contributed by atoms with E-state index in [4.69, 9.17) is 16.3 Å². The van der Waals surface area contributed by atoms with Crippen LogP contribution in [0.3, 0.4) is 0 Å². The Kier molecular flexibility index (Phi) is 5.38. The third-order valence-electron chi connectivity index (χ3n) is 5.41. The Bertz CT molecular complexity index is 879. The van der Waals surface area contributed by atoms with Crippen LogP contribution in [-0.2, 0) is 0 Å². The van der Waals surface area contributed by atoms with E-state index in [-0.39, 0.29) is 23.9 Å². The van der Waals surface area contributed by atoms with Crippen molar-refractivity contribution in [1.82, 2.24) is 10.2 Å². The van der Waals surface area contributed by atoms with E-state index in [0.29, 0.717) is 29.3 Å². The van der Waals surface area contributed by atoms with Gasteiger partial charge in [-0.2, -0.15) is 0 Å². The molecule has 0 saturated heterocycles. The minimum atomic E-state index is -0.186. The van der Waals surface area contributed by atoms with E-state index in [9.17, 15) is 9.59 Å². The van der Waals surface area contributed by atoms with Gasteiger partial charge in [-0.25, -0.2) is 0 Å². The van der Waals surface area contributed by atoms with Gasteiger partial charge in [0.2, 0.25) is 0 Å². The minimum absolute atomic E-state index is 0.186. The lowest BCUT2D eigenvalue weighted by Crippen LogP contribution is -2.35. The van der Waals surface area contributed by atoms with E-state index in [1.165, 1.54) is 4.90 Å². The molecule has 1 N–H and O–H groups in total. The van der Waals surface area contributed by atoms with Crippen molar-refractivity contribution in [3.8, 4) is 5.75 Å². The maximum atomic E-state index is 12.4. The molecule has 2 amide bonds. The third-order valence-corrected chi connectivity index (χ3v) is 5.71. The van der Waals surface area contributed by atoms with E-state index in [1.807, 2.05) is 18.2 Å². The SMILES string of the molecule is CC(CCCN1C(=O)c2ccccc2C1=O)NC1CCOc2c(Cl)cccc21. The highest BCUT2D eigenvalue weighted by Crippen LogP contribution is 2.37. The zero-order valence-electron chi connectivity index (χ0n) is 15.8. The van der Waals surface area contributed by atoms with Crippen molar-refractivity contribution in [3.63, 3.8) is 0 Å². The lowest BCUT2D eigenvalue weighted by Gasteiger charge is -2.30. The molecule has 5 nitrogen and oxygen atoms in total. The first-order valence-electron chi connectivity index (χ1n) is 9.68. The first-order chi connectivity index (χ1) is 13.6. The number of nitrogens with zero attached hydrogens (tertiary/aromatic N) is 1. The Hall–Kier alpha value is -2.37. The minimum Gasteiger partial charge on any atom is -0.492 e. The number of rotatable bonds is 6. The number of imide groups is 1. The number of nitrogens with one attached hydrogen (secondary N) is 1. The molecule has 0 aromatic heterocycles. The third kappa shape index (κ3) is 3.52. The van der Waals surface area contributed by atoms with Gasteiger partial charge in [0, 0.05) is 30.6 Å². The van der Waals surface area contributed by atoms with E-state index < -0.39 is 0 Å². The van der Waals surface area contributed by atoms with Crippen LogP contribution < -0.4 is 10.1 Å². The van der Waals surface area contributed by atoms with Crippen LogP contribution in [0, 0.1) is 0 Å². The Morgan fingerprint density at radius 2 is 1.86 bits per heavy atom. The Balaban J connectivity index is 1.32. The van der Waals surface area contributed by atoms with E-state index in [0.717, 1.165) is 30.6 Å². The highest BCUT2D eigenvalue weighted by Gasteiger charge is 2.34. The molecule has 6 heteroatoms. The van der Waals surface area contributed by atoms with Crippen molar-refractivity contribution >= 4 is 23.4 Å². The normalized spacial score (nSPS) is 19.2. The fraction of sp³-hybridized carbons (Fsp3) is 0.364. The Morgan fingerprint density at radius 3 is 2.57 bits per heavy atom. The first-order valence-corrected chi connectivity index (χ1v) is 10.1. The van der Waals surface area contributed by atoms with Crippen LogP contribution in [0.15, 0.2) is 42.5 Å². The summed E-state index contributed by atoms with van der Waals surface area (Å²) in [6.45, 7) is 3.20. The molecule has 0 fully saturated rings. The van der Waals surface area contributed by atoms with Gasteiger partial charge in [-0.1, -0.05) is 35.9 Å². The van der Waals surface area contributed by atoms with Crippen molar-refractivity contribution in [3.05, 3.63) is 64.2 Å². The van der Waals surface area contributed by atoms with Crippen LogP contribution >= 0.6 is 11.6 Å². The standard InChI is InChI=1S/C22H23ClN2O3/c1-14(24-19-11-13-28-20-17(19)9-4-10-18(20)23)6-5-12-25-21(26)15-7-2-3-8-16(15)22(25)27/h2-4,7-10,14,19,24H,5-6,11-13H2,1H3. The summed E-state index contributed by atoms with van der Waals surface area (Å²) in [5.74, 6) is 0.398. The van der Waals surface area contributed by atoms with Gasteiger partial charge in [0.15, 0.2) is 0 Å². The lowest BCUT2D eigenvalue weighted by atomic mass is 9.99. The topological polar surface area (TPSA) is 58.6 Å². The molecule has 4 rings (SSSR count). The second-order valence-corrected chi connectivity index (χ2v) is 7.77. The van der Waals surface area contributed by atoms with Gasteiger partial charge in [-0.05, 0) is 38.0 Å². The molecular formula is C22H23ClN2O3. The van der Waals surface area contributed by atoms with Crippen LogP contribution in [0.4, 0.5) is 0 Å². The molecule has 2 aliphatic heterocycles. The maximum Gasteiger partial charge on any atom is 0.261 e. The van der Waals surface area contributed by atoms with Crippen molar-refractivity contribution in [1.29, 1.82) is 0 Å². The van der Waals surface area contributed by atoms with Gasteiger partial charge in [0.1, 0.15) is 5.75 Å². The van der Waals surface area contributed by atoms with Crippen molar-refractivity contribution in [2.24, 2.45) is 0 Å². The maximum absolute atomic E-state index is 12.4. The molecule has 2 heterocycles. The fourth-order valence-corrected chi connectivity index (χ4v) is 4.22. The number of hydrogen-bond donors (Lipinski definition) is 1. The van der Waals surface area contributed by atoms with Crippen molar-refractivity contribution in [2.75, 3.05) is 13.2 Å². The predicted octanol–water partition coefficient (Wildman–Crippen LogP) is 4.22. The zero-order chi connectivity index (χ0) is 19.7. The number of fused-ring (bicyclic) bond motifs is 2. The fourth-order valence-electron chi connectivity index (χ4n) is 3.98. The average molecular weight is 399 g/mol. The summed E-state index contributed by atoms with van der Waals surface area (Å²) in [6.07, 6.45) is 2.50. The molecule has 0 radical (unpaired) electrons. The molecule has 2 aromatic carbocycles. The van der Waals surface area contributed by atoms with Gasteiger partial charge in [-0.15, -0.1) is 0 Å². The number of hydrogen-bond acceptors (Lipinski definition) is 4. The summed E-state index contributed by atoms with van der Waals surface area (Å²) in [5, 5.41) is 4.28. The summed E-state index contributed by atoms with van der Waals surface area (Å²) in [7, 11) is 0. The van der Waals surface area contributed by atoms with Crippen LogP contribution in [0.5, 0.6) is 5.75 Å². The second-order valence-electron chi connectivity index (χ2n) is 7.37. The molecule has 2 unspecified atom stereocenters. The van der Waals surface area contributed by atoms with Crippen molar-refractivity contribution in [2.45, 2.75) is 38.3 Å². The number of benzene rings is 2. The molecule has 28 heavy (non-hydrogen) atoms. The Labute approximate surface area is 169 Å². The molecule has 0 aliphatic carbocycles. The average Bonchev–Trinajstić information content (AvgIpc) is 2.94. The zero-order valence-corrected chi connectivity index (χ0v) is 16.5. The van der Waals surface area contributed by atoms with Gasteiger partial charge in [-0.3, -0.25) is 14.5 Å². The summed E-state index contributed by atoms with van der Waals surface area (Å²) >= 11 is 6.24. The largest absolute Gasteiger partial charge is 0.492 e. The number of halogens is 1. The molecule has 2 atom stereocenters. The van der Waals surface area contributed by atoms with E-state index >= 15 is 0 Å². The molecule has 2 aliphatic rings. The molecule has 0 spiro atoms. The molecule has 2 aromatic rings. The van der Waals surface area contributed by atoms with E-state index in [2.05, 4.69) is 12.2 Å². The van der Waals surface area contributed by atoms with Gasteiger partial charge in [0.05, 0.1) is 22.8 Å². The molecule has 0 saturated carbocycles. The van der Waals surface area contributed by atoms with Crippen molar-refractivity contribution < 1.29 is 14.3 Å². The molecular weight excluding hydrogens is 376 g/mol. The monoisotopic (exact) mass is 398 g/mol. The van der Waals surface area contributed by atoms with Crippen LogP contribution in [-0.4, -0.2) is 35.9 Å². The molecule has 0 bridgehead atoms. The van der Waals surface area contributed by atoms with Crippen LogP contribution in [0.25, 0.3) is 0 Å². The number of carbonyl (C=O) groups excluding carboxylic acids is 2. The lowest BCUT2D eigenvalue weighted by molar-refractivity contribution is 0.0650. The Morgan fingerprint density at radius 1 is 1.14 bits per heavy atom. The van der Waals surface area contributed by atoms with E-state index in [1.54, 1.807) is 24.3 Å². The first kappa shape index (κ1) is 19.0. The highest BCUT2D eigenvalue weighted by atomic mass is 35.5. The van der Waals surface area contributed by atoms with Crippen LogP contribution in [0.1, 0.15) is 58.5 Å². The number of para-hydroxylation sites is 1. The summed E-state index contributed by atoms with van der Waals surface area (Å²) < 4.78 is 5.72. The molecule has 146 valence electrons. The number of ether oxygens (including phenoxy) is 1.